The van der Waals surface area contributed by atoms with Crippen LogP contribution in [0.3, 0.4) is 0 Å². The summed E-state index contributed by atoms with van der Waals surface area (Å²) in [5, 5.41) is 24.5. The number of phenolic OH excluding ortho intramolecular Hbond substituents is 1. The molecule has 9 heteroatoms. The Morgan fingerprint density at radius 1 is 1.09 bits per heavy atom. The summed E-state index contributed by atoms with van der Waals surface area (Å²) in [5.74, 6) is -0.0782. The largest absolute Gasteiger partial charge is 0.507 e. The van der Waals surface area contributed by atoms with Crippen molar-refractivity contribution in [3.8, 4) is 17.2 Å². The van der Waals surface area contributed by atoms with Gasteiger partial charge in [-0.05, 0) is 42.3 Å². The summed E-state index contributed by atoms with van der Waals surface area (Å²) in [5.41, 5.74) is 3.32. The molecule has 0 atom stereocenters. The van der Waals surface area contributed by atoms with Gasteiger partial charge in [0.2, 0.25) is 0 Å². The van der Waals surface area contributed by atoms with Crippen molar-refractivity contribution in [3.05, 3.63) is 93.5 Å². The molecule has 0 aliphatic heterocycles. The number of nitro benzene ring substituents is 1. The molecule has 0 aliphatic rings. The number of hydrogen-bond acceptors (Lipinski definition) is 7. The van der Waals surface area contributed by atoms with E-state index in [4.69, 9.17) is 9.47 Å². The van der Waals surface area contributed by atoms with Gasteiger partial charge in [-0.1, -0.05) is 30.3 Å². The maximum absolute atomic E-state index is 12.2. The van der Waals surface area contributed by atoms with Gasteiger partial charge in [0.05, 0.1) is 23.3 Å². The normalized spacial score (nSPS) is 10.7. The van der Waals surface area contributed by atoms with Gasteiger partial charge in [0.25, 0.3) is 11.6 Å². The van der Waals surface area contributed by atoms with E-state index in [1.165, 1.54) is 6.21 Å². The van der Waals surface area contributed by atoms with E-state index in [0.29, 0.717) is 30.3 Å². The van der Waals surface area contributed by atoms with E-state index in [-0.39, 0.29) is 17.0 Å². The van der Waals surface area contributed by atoms with E-state index in [2.05, 4.69) is 10.5 Å². The van der Waals surface area contributed by atoms with E-state index in [1.54, 1.807) is 18.2 Å². The highest BCUT2D eigenvalue weighted by Crippen LogP contribution is 2.29. The summed E-state index contributed by atoms with van der Waals surface area (Å²) in [4.78, 5) is 22.4. The molecule has 164 valence electrons. The first-order valence-electron chi connectivity index (χ1n) is 9.72. The molecule has 0 heterocycles. The minimum Gasteiger partial charge on any atom is -0.507 e. The lowest BCUT2D eigenvalue weighted by molar-refractivity contribution is -0.384. The van der Waals surface area contributed by atoms with Crippen LogP contribution in [0.15, 0.2) is 71.8 Å². The van der Waals surface area contributed by atoms with Gasteiger partial charge in [-0.2, -0.15) is 5.10 Å². The van der Waals surface area contributed by atoms with Crippen LogP contribution < -0.4 is 14.9 Å². The molecule has 0 spiro atoms. The molecule has 9 nitrogen and oxygen atoms in total. The smallest absolute Gasteiger partial charge is 0.275 e. The van der Waals surface area contributed by atoms with Crippen LogP contribution in [0.5, 0.6) is 17.2 Å². The van der Waals surface area contributed by atoms with Gasteiger partial charge in [-0.15, -0.1) is 0 Å². The van der Waals surface area contributed by atoms with Crippen LogP contribution in [0.1, 0.15) is 28.4 Å². The Morgan fingerprint density at radius 2 is 1.88 bits per heavy atom. The number of nitro groups is 1. The fourth-order valence-corrected chi connectivity index (χ4v) is 2.77. The second-order valence-corrected chi connectivity index (χ2v) is 6.57. The van der Waals surface area contributed by atoms with Crippen LogP contribution >= 0.6 is 0 Å². The van der Waals surface area contributed by atoms with Crippen LogP contribution in [0, 0.1) is 10.1 Å². The number of carbonyl (C=O) groups is 1. The molecular weight excluding hydrogens is 414 g/mol. The Balaban J connectivity index is 1.69. The van der Waals surface area contributed by atoms with Crippen molar-refractivity contribution in [2.24, 2.45) is 5.10 Å². The molecule has 0 bridgehead atoms. The summed E-state index contributed by atoms with van der Waals surface area (Å²) >= 11 is 0. The summed E-state index contributed by atoms with van der Waals surface area (Å²) in [7, 11) is 0. The monoisotopic (exact) mass is 435 g/mol. The van der Waals surface area contributed by atoms with E-state index in [1.807, 2.05) is 37.3 Å². The number of amides is 1. The number of hydrogen-bond donors (Lipinski definition) is 2. The number of nitrogens with zero attached hydrogens (tertiary/aromatic N) is 2. The highest BCUT2D eigenvalue weighted by molar-refractivity contribution is 5.98. The SMILES string of the molecule is CCOc1cc(/C=N\NC(=O)c2cc([N+](=O)[O-])ccc2O)ccc1OCc1ccccc1. The number of ether oxygens (including phenoxy) is 2. The Labute approximate surface area is 184 Å². The van der Waals surface area contributed by atoms with E-state index < -0.39 is 10.8 Å². The minimum absolute atomic E-state index is 0.254. The van der Waals surface area contributed by atoms with Crippen molar-refractivity contribution in [1.82, 2.24) is 5.43 Å². The lowest BCUT2D eigenvalue weighted by atomic mass is 10.1. The predicted octanol–water partition coefficient (Wildman–Crippen LogP) is 4.04. The van der Waals surface area contributed by atoms with Gasteiger partial charge in [0.1, 0.15) is 12.4 Å². The lowest BCUT2D eigenvalue weighted by Gasteiger charge is -2.12. The molecule has 3 aromatic rings. The summed E-state index contributed by atoms with van der Waals surface area (Å²) in [6.45, 7) is 2.68. The van der Waals surface area contributed by atoms with Crippen molar-refractivity contribution < 1.29 is 24.3 Å². The van der Waals surface area contributed by atoms with Crippen molar-refractivity contribution >= 4 is 17.8 Å². The summed E-state index contributed by atoms with van der Waals surface area (Å²) in [6, 6.07) is 18.1. The van der Waals surface area contributed by atoms with Crippen molar-refractivity contribution in [2.75, 3.05) is 6.61 Å². The predicted molar refractivity (Wildman–Crippen MR) is 118 cm³/mol. The molecule has 3 aromatic carbocycles. The third-order valence-electron chi connectivity index (χ3n) is 4.32. The Kier molecular flexibility index (Phi) is 7.37. The molecule has 0 fully saturated rings. The first-order chi connectivity index (χ1) is 15.5. The first-order valence-corrected chi connectivity index (χ1v) is 9.72. The van der Waals surface area contributed by atoms with E-state index in [9.17, 15) is 20.0 Å². The van der Waals surface area contributed by atoms with Gasteiger partial charge in [-0.3, -0.25) is 14.9 Å². The molecule has 1 amide bonds. The second-order valence-electron chi connectivity index (χ2n) is 6.57. The van der Waals surface area contributed by atoms with Crippen molar-refractivity contribution in [1.29, 1.82) is 0 Å². The average molecular weight is 435 g/mol. The number of non-ortho nitro benzene ring substituents is 1. The fraction of sp³-hybridized carbons (Fsp3) is 0.130. The zero-order chi connectivity index (χ0) is 22.9. The zero-order valence-corrected chi connectivity index (χ0v) is 17.2. The van der Waals surface area contributed by atoms with E-state index >= 15 is 0 Å². The van der Waals surface area contributed by atoms with Crippen molar-refractivity contribution in [3.63, 3.8) is 0 Å². The average Bonchev–Trinajstić information content (AvgIpc) is 2.79. The number of carbonyl (C=O) groups excluding carboxylic acids is 1. The fourth-order valence-electron chi connectivity index (χ4n) is 2.77. The second kappa shape index (κ2) is 10.6. The molecule has 0 unspecified atom stereocenters. The van der Waals surface area contributed by atoms with E-state index in [0.717, 1.165) is 23.8 Å². The van der Waals surface area contributed by atoms with Gasteiger partial charge < -0.3 is 14.6 Å². The third kappa shape index (κ3) is 5.82. The Bertz CT molecular complexity index is 1130. The maximum atomic E-state index is 12.2. The van der Waals surface area contributed by atoms with Crippen LogP contribution in [0.25, 0.3) is 0 Å². The number of aromatic hydroxyl groups is 1. The molecule has 0 saturated heterocycles. The molecule has 0 aliphatic carbocycles. The molecule has 3 rings (SSSR count). The van der Waals surface area contributed by atoms with Gasteiger partial charge >= 0.3 is 0 Å². The maximum Gasteiger partial charge on any atom is 0.275 e. The Morgan fingerprint density at radius 3 is 2.59 bits per heavy atom. The highest BCUT2D eigenvalue weighted by Gasteiger charge is 2.16. The number of rotatable bonds is 9. The van der Waals surface area contributed by atoms with Gasteiger partial charge in [-0.25, -0.2) is 5.43 Å². The number of hydrazone groups is 1. The molecule has 0 radical (unpaired) electrons. The number of nitrogens with one attached hydrogen (secondary N) is 1. The van der Waals surface area contributed by atoms with Crippen molar-refractivity contribution in [2.45, 2.75) is 13.5 Å². The minimum atomic E-state index is -0.782. The topological polar surface area (TPSA) is 123 Å². The van der Waals surface area contributed by atoms with Crippen LogP contribution in [0.2, 0.25) is 0 Å². The highest BCUT2D eigenvalue weighted by atomic mass is 16.6. The standard InChI is InChI=1S/C23H21N3O6/c1-2-31-22-12-17(8-11-21(22)32-15-16-6-4-3-5-7-16)14-24-25-23(28)19-13-18(26(29)30)9-10-20(19)27/h3-14,27H,2,15H2,1H3,(H,25,28)/b24-14-. The van der Waals surface area contributed by atoms with Crippen LogP contribution in [-0.4, -0.2) is 28.8 Å². The molecule has 2 N–H and O–H groups in total. The third-order valence-corrected chi connectivity index (χ3v) is 4.32. The molecular formula is C23H21N3O6. The van der Waals surface area contributed by atoms with Gasteiger partial charge in [0, 0.05) is 12.1 Å². The molecule has 0 aromatic heterocycles. The van der Waals surface area contributed by atoms with Crippen LogP contribution in [-0.2, 0) is 6.61 Å². The molecule has 32 heavy (non-hydrogen) atoms. The quantitative estimate of drug-likeness (QED) is 0.297. The zero-order valence-electron chi connectivity index (χ0n) is 17.2. The van der Waals surface area contributed by atoms with Gasteiger partial charge in [0.15, 0.2) is 11.5 Å². The van der Waals surface area contributed by atoms with Crippen LogP contribution in [0.4, 0.5) is 5.69 Å². The number of benzene rings is 3. The summed E-state index contributed by atoms with van der Waals surface area (Å²) in [6.07, 6.45) is 1.38. The molecule has 0 saturated carbocycles. The lowest BCUT2D eigenvalue weighted by Crippen LogP contribution is -2.18. The Hall–Kier alpha value is -4.40. The number of phenols is 1. The summed E-state index contributed by atoms with van der Waals surface area (Å²) < 4.78 is 11.5. The first kappa shape index (κ1) is 22.3.